The minimum Gasteiger partial charge on any atom is -0.463 e. The van der Waals surface area contributed by atoms with Crippen LogP contribution in [0.25, 0.3) is 0 Å². The molecule has 102 valence electrons. The van der Waals surface area contributed by atoms with Crippen LogP contribution in [0, 0.1) is 0 Å². The van der Waals surface area contributed by atoms with E-state index >= 15 is 0 Å². The molecule has 0 spiro atoms. The Morgan fingerprint density at radius 2 is 1.82 bits per heavy atom. The maximum Gasteiger partial charge on any atom is 0.306 e. The number of hydrogen-bond acceptors (Lipinski definition) is 3. The molecule has 0 amide bonds. The Morgan fingerprint density at radius 3 is 2.35 bits per heavy atom. The molecule has 0 aliphatic rings. The van der Waals surface area contributed by atoms with Crippen LogP contribution in [0.5, 0.6) is 0 Å². The smallest absolute Gasteiger partial charge is 0.306 e. The third kappa shape index (κ3) is 11.7. The van der Waals surface area contributed by atoms with Crippen LogP contribution in [-0.4, -0.2) is 22.8 Å². The van der Waals surface area contributed by atoms with E-state index in [1.54, 1.807) is 13.8 Å². The molecule has 0 aliphatic heterocycles. The van der Waals surface area contributed by atoms with E-state index < -0.39 is 5.60 Å². The number of esters is 1. The summed E-state index contributed by atoms with van der Waals surface area (Å²) in [6, 6.07) is 0. The Morgan fingerprint density at radius 1 is 1.24 bits per heavy atom. The van der Waals surface area contributed by atoms with E-state index in [4.69, 9.17) is 4.74 Å². The van der Waals surface area contributed by atoms with Gasteiger partial charge in [0.05, 0.1) is 5.60 Å². The fourth-order valence-electron chi connectivity index (χ4n) is 1.90. The third-order valence-electron chi connectivity index (χ3n) is 2.60. The first kappa shape index (κ1) is 16.4. The summed E-state index contributed by atoms with van der Waals surface area (Å²) in [5, 5.41) is 9.58. The predicted molar refractivity (Wildman–Crippen MR) is 69.8 cm³/mol. The number of hydrogen-bond donors (Lipinski definition) is 1. The molecule has 1 unspecified atom stereocenters. The molecule has 0 radical (unpaired) electrons. The zero-order valence-corrected chi connectivity index (χ0v) is 11.8. The minimum atomic E-state index is -0.777. The number of carbonyl (C=O) groups excluding carboxylic acids is 1. The van der Waals surface area contributed by atoms with E-state index in [1.165, 1.54) is 19.3 Å². The summed E-state index contributed by atoms with van der Waals surface area (Å²) in [6.45, 7) is 7.45. The zero-order valence-electron chi connectivity index (χ0n) is 11.8. The Hall–Kier alpha value is -0.570. The van der Waals surface area contributed by atoms with E-state index in [0.717, 1.165) is 12.8 Å². The molecule has 0 saturated heterocycles. The van der Waals surface area contributed by atoms with Crippen LogP contribution < -0.4 is 0 Å². The number of ether oxygens (including phenoxy) is 1. The Kier molecular flexibility index (Phi) is 8.23. The van der Waals surface area contributed by atoms with Crippen molar-refractivity contribution in [3.05, 3.63) is 0 Å². The third-order valence-corrected chi connectivity index (χ3v) is 2.60. The van der Waals surface area contributed by atoms with Gasteiger partial charge in [-0.2, -0.15) is 0 Å². The number of unbranched alkanes of at least 4 members (excludes halogenated alkanes) is 4. The van der Waals surface area contributed by atoms with Crippen molar-refractivity contribution in [1.29, 1.82) is 0 Å². The van der Waals surface area contributed by atoms with Gasteiger partial charge in [-0.05, 0) is 27.2 Å². The van der Waals surface area contributed by atoms with Gasteiger partial charge < -0.3 is 9.84 Å². The van der Waals surface area contributed by atoms with E-state index in [2.05, 4.69) is 6.92 Å². The molecule has 17 heavy (non-hydrogen) atoms. The molecular formula is C14H28O3. The van der Waals surface area contributed by atoms with Crippen LogP contribution in [0.1, 0.15) is 72.6 Å². The summed E-state index contributed by atoms with van der Waals surface area (Å²) in [5.41, 5.74) is -0.777. The van der Waals surface area contributed by atoms with Crippen molar-refractivity contribution < 1.29 is 14.6 Å². The van der Waals surface area contributed by atoms with Gasteiger partial charge in [0.25, 0.3) is 0 Å². The minimum absolute atomic E-state index is 0.141. The lowest BCUT2D eigenvalue weighted by molar-refractivity contribution is -0.150. The molecule has 0 aliphatic carbocycles. The van der Waals surface area contributed by atoms with Gasteiger partial charge in [-0.25, -0.2) is 0 Å². The highest BCUT2D eigenvalue weighted by molar-refractivity contribution is 5.69. The summed E-state index contributed by atoms with van der Waals surface area (Å²) >= 11 is 0. The maximum atomic E-state index is 11.5. The fraction of sp³-hybridized carbons (Fsp3) is 0.929. The summed E-state index contributed by atoms with van der Waals surface area (Å²) in [4.78, 5) is 11.5. The van der Waals surface area contributed by atoms with E-state index in [9.17, 15) is 9.90 Å². The largest absolute Gasteiger partial charge is 0.463 e. The van der Waals surface area contributed by atoms with Crippen molar-refractivity contribution in [2.24, 2.45) is 0 Å². The quantitative estimate of drug-likeness (QED) is 0.499. The molecule has 0 fully saturated rings. The monoisotopic (exact) mass is 244 g/mol. The highest BCUT2D eigenvalue weighted by Crippen LogP contribution is 2.14. The van der Waals surface area contributed by atoms with Crippen molar-refractivity contribution in [2.75, 3.05) is 0 Å². The van der Waals surface area contributed by atoms with E-state index in [0.29, 0.717) is 12.8 Å². The molecule has 0 bridgehead atoms. The molecular weight excluding hydrogens is 216 g/mol. The lowest BCUT2D eigenvalue weighted by Gasteiger charge is -2.22. The van der Waals surface area contributed by atoms with Gasteiger partial charge in [-0.3, -0.25) is 4.79 Å². The topological polar surface area (TPSA) is 46.5 Å². The molecule has 0 aromatic rings. The average Bonchev–Trinajstić information content (AvgIpc) is 2.14. The van der Waals surface area contributed by atoms with Crippen molar-refractivity contribution in [3.63, 3.8) is 0 Å². The summed E-state index contributed by atoms with van der Waals surface area (Å²) < 4.78 is 5.23. The van der Waals surface area contributed by atoms with Gasteiger partial charge in [0.15, 0.2) is 0 Å². The van der Waals surface area contributed by atoms with Crippen molar-refractivity contribution in [1.82, 2.24) is 0 Å². The highest BCUT2D eigenvalue weighted by atomic mass is 16.5. The molecule has 0 heterocycles. The second-order valence-electron chi connectivity index (χ2n) is 5.48. The highest BCUT2D eigenvalue weighted by Gasteiger charge is 2.19. The molecule has 0 aromatic heterocycles. The van der Waals surface area contributed by atoms with Crippen LogP contribution in [0.15, 0.2) is 0 Å². The standard InChI is InChI=1S/C14H28O3/c1-5-6-7-8-9-10-13(15)17-12(2)11-14(3,4)16/h12,16H,5-11H2,1-4H3. The molecule has 3 heteroatoms. The fourth-order valence-corrected chi connectivity index (χ4v) is 1.90. The van der Waals surface area contributed by atoms with Gasteiger partial charge in [-0.15, -0.1) is 0 Å². The predicted octanol–water partition coefficient (Wildman–Crippen LogP) is 3.44. The second kappa shape index (κ2) is 8.51. The number of aliphatic hydroxyl groups is 1. The van der Waals surface area contributed by atoms with Crippen molar-refractivity contribution in [2.45, 2.75) is 84.3 Å². The lowest BCUT2D eigenvalue weighted by atomic mass is 10.0. The van der Waals surface area contributed by atoms with Gasteiger partial charge in [-0.1, -0.05) is 32.6 Å². The molecule has 0 rings (SSSR count). The molecule has 0 aromatic carbocycles. The number of rotatable bonds is 9. The van der Waals surface area contributed by atoms with E-state index in [1.807, 2.05) is 6.92 Å². The van der Waals surface area contributed by atoms with Crippen LogP contribution >= 0.6 is 0 Å². The summed E-state index contributed by atoms with van der Waals surface area (Å²) in [7, 11) is 0. The van der Waals surface area contributed by atoms with Gasteiger partial charge in [0, 0.05) is 12.8 Å². The van der Waals surface area contributed by atoms with Crippen LogP contribution in [-0.2, 0) is 9.53 Å². The lowest BCUT2D eigenvalue weighted by Crippen LogP contribution is -2.27. The van der Waals surface area contributed by atoms with Crippen LogP contribution in [0.3, 0.4) is 0 Å². The zero-order chi connectivity index (χ0) is 13.3. The maximum absolute atomic E-state index is 11.5. The number of carbonyl (C=O) groups is 1. The first-order chi connectivity index (χ1) is 7.85. The Balaban J connectivity index is 3.58. The van der Waals surface area contributed by atoms with Gasteiger partial charge >= 0.3 is 5.97 Å². The van der Waals surface area contributed by atoms with Gasteiger partial charge in [0.1, 0.15) is 6.10 Å². The molecule has 1 N–H and O–H groups in total. The normalized spacial score (nSPS) is 13.5. The molecule has 0 saturated carbocycles. The van der Waals surface area contributed by atoms with Crippen molar-refractivity contribution in [3.8, 4) is 0 Å². The summed E-state index contributed by atoms with van der Waals surface area (Å²) in [5.74, 6) is -0.141. The Labute approximate surface area is 106 Å². The molecule has 1 atom stereocenters. The van der Waals surface area contributed by atoms with E-state index in [-0.39, 0.29) is 12.1 Å². The second-order valence-corrected chi connectivity index (χ2v) is 5.48. The average molecular weight is 244 g/mol. The SMILES string of the molecule is CCCCCCCC(=O)OC(C)CC(C)(C)O. The van der Waals surface area contributed by atoms with Crippen LogP contribution in [0.2, 0.25) is 0 Å². The Bertz CT molecular complexity index is 206. The molecule has 3 nitrogen and oxygen atoms in total. The summed E-state index contributed by atoms with van der Waals surface area (Å²) in [6.07, 6.45) is 6.43. The first-order valence-corrected chi connectivity index (χ1v) is 6.77. The van der Waals surface area contributed by atoms with Crippen LogP contribution in [0.4, 0.5) is 0 Å². The van der Waals surface area contributed by atoms with Crippen molar-refractivity contribution >= 4 is 5.97 Å². The first-order valence-electron chi connectivity index (χ1n) is 6.77. The van der Waals surface area contributed by atoms with Gasteiger partial charge in [0.2, 0.25) is 0 Å².